The predicted molar refractivity (Wildman–Crippen MR) is 122 cm³/mol. The SMILES string of the molecule is COc1nc(-c2ccc(N(C)[C@@H]3CC(C)[C@H]4CC[C@@H](C3)N4)nn2)ccc1-c1cnn(C)n1. The van der Waals surface area contributed by atoms with E-state index >= 15 is 0 Å². The molecule has 0 aromatic carbocycles. The van der Waals surface area contributed by atoms with E-state index in [9.17, 15) is 0 Å². The van der Waals surface area contributed by atoms with Gasteiger partial charge >= 0.3 is 0 Å². The van der Waals surface area contributed by atoms with E-state index in [-0.39, 0.29) is 0 Å². The number of hydrogen-bond donors (Lipinski definition) is 1. The minimum absolute atomic E-state index is 0.470. The summed E-state index contributed by atoms with van der Waals surface area (Å²) in [5.74, 6) is 2.06. The molecule has 1 unspecified atom stereocenters. The number of nitrogens with zero attached hydrogens (tertiary/aromatic N) is 7. The van der Waals surface area contributed by atoms with Crippen molar-refractivity contribution in [2.75, 3.05) is 19.1 Å². The number of rotatable bonds is 5. The number of nitrogens with one attached hydrogen (secondary N) is 1. The van der Waals surface area contributed by atoms with Crippen LogP contribution in [0.4, 0.5) is 5.82 Å². The highest BCUT2D eigenvalue weighted by Gasteiger charge is 2.36. The van der Waals surface area contributed by atoms with Gasteiger partial charge in [0.15, 0.2) is 5.82 Å². The van der Waals surface area contributed by atoms with E-state index in [1.54, 1.807) is 20.4 Å². The van der Waals surface area contributed by atoms with Crippen molar-refractivity contribution in [2.24, 2.45) is 13.0 Å². The van der Waals surface area contributed by atoms with E-state index in [0.29, 0.717) is 47.0 Å². The van der Waals surface area contributed by atoms with Gasteiger partial charge in [-0.05, 0) is 55.9 Å². The van der Waals surface area contributed by atoms with Crippen molar-refractivity contribution in [3.05, 3.63) is 30.5 Å². The summed E-state index contributed by atoms with van der Waals surface area (Å²) in [7, 11) is 5.52. The van der Waals surface area contributed by atoms with Crippen molar-refractivity contribution in [3.8, 4) is 28.5 Å². The molecule has 2 aliphatic rings. The Morgan fingerprint density at radius 2 is 1.91 bits per heavy atom. The number of fused-ring (bicyclic) bond motifs is 2. The molecule has 168 valence electrons. The van der Waals surface area contributed by atoms with Gasteiger partial charge in [-0.1, -0.05) is 6.92 Å². The quantitative estimate of drug-likeness (QED) is 0.655. The largest absolute Gasteiger partial charge is 0.480 e. The van der Waals surface area contributed by atoms with Crippen LogP contribution in [0.15, 0.2) is 30.5 Å². The van der Waals surface area contributed by atoms with Gasteiger partial charge in [0.25, 0.3) is 0 Å². The first-order valence-electron chi connectivity index (χ1n) is 11.3. The monoisotopic (exact) mass is 434 g/mol. The van der Waals surface area contributed by atoms with Crippen LogP contribution < -0.4 is 15.0 Å². The molecule has 9 heteroatoms. The molecule has 9 nitrogen and oxygen atoms in total. The van der Waals surface area contributed by atoms with Gasteiger partial charge in [-0.3, -0.25) is 0 Å². The first-order valence-corrected chi connectivity index (χ1v) is 11.3. The molecule has 0 aliphatic carbocycles. The van der Waals surface area contributed by atoms with Gasteiger partial charge in [0, 0.05) is 32.2 Å². The molecule has 2 bridgehead atoms. The van der Waals surface area contributed by atoms with Crippen LogP contribution in [0, 0.1) is 5.92 Å². The lowest BCUT2D eigenvalue weighted by atomic mass is 9.88. The van der Waals surface area contributed by atoms with Crippen molar-refractivity contribution in [1.29, 1.82) is 0 Å². The van der Waals surface area contributed by atoms with Gasteiger partial charge in [-0.15, -0.1) is 10.2 Å². The van der Waals surface area contributed by atoms with Crippen molar-refractivity contribution in [1.82, 2.24) is 35.5 Å². The topological polar surface area (TPSA) is 93.9 Å². The van der Waals surface area contributed by atoms with Gasteiger partial charge in [0.05, 0.1) is 24.6 Å². The number of ether oxygens (including phenoxy) is 1. The van der Waals surface area contributed by atoms with E-state index in [4.69, 9.17) is 4.74 Å². The second-order valence-electron chi connectivity index (χ2n) is 9.01. The van der Waals surface area contributed by atoms with E-state index < -0.39 is 0 Å². The van der Waals surface area contributed by atoms with Crippen LogP contribution in [0.25, 0.3) is 22.6 Å². The van der Waals surface area contributed by atoms with E-state index in [1.807, 2.05) is 24.3 Å². The molecular weight excluding hydrogens is 404 g/mol. The van der Waals surface area contributed by atoms with Gasteiger partial charge in [-0.2, -0.15) is 15.0 Å². The van der Waals surface area contributed by atoms with Crippen molar-refractivity contribution in [2.45, 2.75) is 50.7 Å². The smallest absolute Gasteiger partial charge is 0.223 e. The summed E-state index contributed by atoms with van der Waals surface area (Å²) < 4.78 is 5.51. The normalized spacial score (nSPS) is 24.9. The average molecular weight is 435 g/mol. The Hall–Kier alpha value is -3.07. The highest BCUT2D eigenvalue weighted by atomic mass is 16.5. The van der Waals surface area contributed by atoms with E-state index in [0.717, 1.165) is 17.8 Å². The summed E-state index contributed by atoms with van der Waals surface area (Å²) in [6.45, 7) is 2.37. The van der Waals surface area contributed by atoms with Crippen LogP contribution in [0.5, 0.6) is 5.88 Å². The van der Waals surface area contributed by atoms with E-state index in [1.165, 1.54) is 24.1 Å². The van der Waals surface area contributed by atoms with Gasteiger partial charge in [0.2, 0.25) is 5.88 Å². The third kappa shape index (κ3) is 3.92. The van der Waals surface area contributed by atoms with Crippen LogP contribution in [0.3, 0.4) is 0 Å². The zero-order valence-corrected chi connectivity index (χ0v) is 19.1. The molecule has 32 heavy (non-hydrogen) atoms. The van der Waals surface area contributed by atoms with Crippen molar-refractivity contribution >= 4 is 5.82 Å². The Morgan fingerprint density at radius 1 is 1.06 bits per heavy atom. The van der Waals surface area contributed by atoms with Gasteiger partial charge in [-0.25, -0.2) is 4.98 Å². The zero-order chi connectivity index (χ0) is 22.2. The lowest BCUT2D eigenvalue weighted by Crippen LogP contribution is -2.36. The third-order valence-corrected chi connectivity index (χ3v) is 6.91. The molecule has 5 heterocycles. The highest BCUT2D eigenvalue weighted by molar-refractivity contribution is 5.68. The highest BCUT2D eigenvalue weighted by Crippen LogP contribution is 2.33. The Kier molecular flexibility index (Phi) is 5.50. The maximum Gasteiger partial charge on any atom is 0.223 e. The summed E-state index contributed by atoms with van der Waals surface area (Å²) >= 11 is 0. The Bertz CT molecular complexity index is 1080. The number of anilines is 1. The summed E-state index contributed by atoms with van der Waals surface area (Å²) in [5, 5.41) is 21.3. The average Bonchev–Trinajstić information content (AvgIpc) is 3.42. The van der Waals surface area contributed by atoms with Gasteiger partial charge < -0.3 is 15.0 Å². The maximum absolute atomic E-state index is 5.51. The fraction of sp³-hybridized carbons (Fsp3) is 0.522. The molecule has 5 rings (SSSR count). The van der Waals surface area contributed by atoms with Crippen LogP contribution in [0.2, 0.25) is 0 Å². The lowest BCUT2D eigenvalue weighted by Gasteiger charge is -2.31. The van der Waals surface area contributed by atoms with Gasteiger partial charge in [0.1, 0.15) is 11.4 Å². The van der Waals surface area contributed by atoms with Crippen molar-refractivity contribution in [3.63, 3.8) is 0 Å². The van der Waals surface area contributed by atoms with Crippen molar-refractivity contribution < 1.29 is 4.74 Å². The van der Waals surface area contributed by atoms with Crippen LogP contribution in [-0.2, 0) is 7.05 Å². The molecule has 0 spiro atoms. The fourth-order valence-electron chi connectivity index (χ4n) is 5.06. The summed E-state index contributed by atoms with van der Waals surface area (Å²) in [6, 6.07) is 9.61. The van der Waals surface area contributed by atoms with Crippen LogP contribution in [0.1, 0.15) is 32.6 Å². The number of methoxy groups -OCH3 is 1. The maximum atomic E-state index is 5.51. The standard InChI is InChI=1S/C23H30N8O/c1-14-11-16(12-15-5-7-18(14)25-15)30(2)22-10-9-20(27-28-22)19-8-6-17(23(26-19)32-4)21-13-24-31(3)29-21/h6,8-10,13-16,18,25H,5,7,11-12H2,1-4H3/t14?,15-,16+,18+/m0/s1. The third-order valence-electron chi connectivity index (χ3n) is 6.91. The molecule has 0 saturated carbocycles. The Labute approximate surface area is 188 Å². The summed E-state index contributed by atoms with van der Waals surface area (Å²) in [5.41, 5.74) is 2.92. The molecule has 0 amide bonds. The number of aromatic nitrogens is 6. The number of pyridine rings is 1. The van der Waals surface area contributed by atoms with E-state index in [2.05, 4.69) is 49.6 Å². The molecule has 3 aromatic rings. The minimum Gasteiger partial charge on any atom is -0.480 e. The molecule has 0 radical (unpaired) electrons. The predicted octanol–water partition coefficient (Wildman–Crippen LogP) is 2.70. The molecule has 2 aliphatic heterocycles. The Balaban J connectivity index is 1.35. The second-order valence-corrected chi connectivity index (χ2v) is 9.01. The molecule has 2 fully saturated rings. The minimum atomic E-state index is 0.470. The van der Waals surface area contributed by atoms with Crippen LogP contribution >= 0.6 is 0 Å². The molecular formula is C23H30N8O. The van der Waals surface area contributed by atoms with Crippen LogP contribution in [-0.4, -0.2) is 62.5 Å². The summed E-state index contributed by atoms with van der Waals surface area (Å²) in [4.78, 5) is 8.44. The number of aryl methyl sites for hydroxylation is 1. The molecule has 4 atom stereocenters. The first kappa shape index (κ1) is 20.8. The molecule has 2 saturated heterocycles. The zero-order valence-electron chi connectivity index (χ0n) is 19.1. The number of hydrogen-bond acceptors (Lipinski definition) is 8. The first-order chi connectivity index (χ1) is 15.5. The lowest BCUT2D eigenvalue weighted by molar-refractivity contribution is 0.379. The fourth-order valence-corrected chi connectivity index (χ4v) is 5.06. The second kappa shape index (κ2) is 8.46. The molecule has 1 N–H and O–H groups in total. The molecule has 3 aromatic heterocycles. The Morgan fingerprint density at radius 3 is 2.62 bits per heavy atom. The summed E-state index contributed by atoms with van der Waals surface area (Å²) in [6.07, 6.45) is 6.62.